The third kappa shape index (κ3) is 2.39. The fraction of sp³-hybridized carbons (Fsp3) is 0.438. The van der Waals surface area contributed by atoms with Crippen molar-refractivity contribution in [3.63, 3.8) is 0 Å². The van der Waals surface area contributed by atoms with Crippen molar-refractivity contribution in [2.75, 3.05) is 23.7 Å². The van der Waals surface area contributed by atoms with E-state index in [1.165, 1.54) is 5.56 Å². The molecule has 0 atom stereocenters. The fourth-order valence-electron chi connectivity index (χ4n) is 3.17. The molecule has 6 nitrogen and oxygen atoms in total. The molecule has 2 aromatic rings. The van der Waals surface area contributed by atoms with E-state index in [-0.39, 0.29) is 6.10 Å². The Hall–Kier alpha value is -2.21. The number of hydrogen-bond donors (Lipinski definition) is 2. The van der Waals surface area contributed by atoms with Crippen molar-refractivity contribution in [3.05, 3.63) is 41.9 Å². The maximum absolute atomic E-state index is 9.45. The lowest BCUT2D eigenvalue weighted by Crippen LogP contribution is -2.45. The minimum atomic E-state index is -0.191. The molecule has 0 unspecified atom stereocenters. The summed E-state index contributed by atoms with van der Waals surface area (Å²) in [7, 11) is 0. The summed E-state index contributed by atoms with van der Waals surface area (Å²) in [6.45, 7) is 1.85. The Morgan fingerprint density at radius 1 is 1.18 bits per heavy atom. The van der Waals surface area contributed by atoms with Crippen molar-refractivity contribution in [2.24, 2.45) is 0 Å². The number of anilines is 2. The van der Waals surface area contributed by atoms with Gasteiger partial charge in [0.1, 0.15) is 5.82 Å². The molecule has 4 rings (SSSR count). The molecule has 2 aromatic heterocycles. The normalized spacial score (nSPS) is 24.7. The zero-order chi connectivity index (χ0) is 15.1. The Morgan fingerprint density at radius 3 is 2.68 bits per heavy atom. The number of pyridine rings is 1. The van der Waals surface area contributed by atoms with Crippen molar-refractivity contribution in [2.45, 2.75) is 30.8 Å². The number of hydrogen-bond acceptors (Lipinski definition) is 6. The van der Waals surface area contributed by atoms with Gasteiger partial charge in [0.05, 0.1) is 11.8 Å². The summed E-state index contributed by atoms with van der Waals surface area (Å²) < 4.78 is 0. The zero-order valence-electron chi connectivity index (χ0n) is 12.3. The molecule has 22 heavy (non-hydrogen) atoms. The lowest BCUT2D eigenvalue weighted by atomic mass is 9.80. The molecule has 114 valence electrons. The van der Waals surface area contributed by atoms with Crippen LogP contribution in [0.2, 0.25) is 0 Å². The first-order valence-corrected chi connectivity index (χ1v) is 7.66. The maximum Gasteiger partial charge on any atom is 0.222 e. The number of rotatable bonds is 3. The van der Waals surface area contributed by atoms with Crippen LogP contribution in [-0.2, 0) is 0 Å². The molecular formula is C16H19N5O. The summed E-state index contributed by atoms with van der Waals surface area (Å²) in [5.74, 6) is 2.02. The third-order valence-corrected chi connectivity index (χ3v) is 4.64. The van der Waals surface area contributed by atoms with Gasteiger partial charge in [-0.15, -0.1) is 0 Å². The van der Waals surface area contributed by atoms with Gasteiger partial charge < -0.3 is 15.7 Å². The van der Waals surface area contributed by atoms with Gasteiger partial charge in [0.25, 0.3) is 0 Å². The van der Waals surface area contributed by atoms with Crippen LogP contribution in [0.15, 0.2) is 30.6 Å². The van der Waals surface area contributed by atoms with Crippen LogP contribution in [0.4, 0.5) is 11.8 Å². The van der Waals surface area contributed by atoms with E-state index in [1.54, 1.807) is 6.20 Å². The molecule has 1 saturated heterocycles. The largest absolute Gasteiger partial charge is 0.393 e. The summed E-state index contributed by atoms with van der Waals surface area (Å²) in [5.41, 5.74) is 8.07. The van der Waals surface area contributed by atoms with Gasteiger partial charge in [-0.25, -0.2) is 4.98 Å². The Kier molecular flexibility index (Phi) is 3.18. The monoisotopic (exact) mass is 297 g/mol. The SMILES string of the molecule is Nc1nc(C2CC(O)C2)cc(N2CC(c3cccnc3)C2)n1. The molecule has 3 N–H and O–H groups in total. The topological polar surface area (TPSA) is 88.2 Å². The highest BCUT2D eigenvalue weighted by molar-refractivity contribution is 5.48. The summed E-state index contributed by atoms with van der Waals surface area (Å²) in [5, 5.41) is 9.45. The second kappa shape index (κ2) is 5.21. The van der Waals surface area contributed by atoms with E-state index < -0.39 is 0 Å². The van der Waals surface area contributed by atoms with Gasteiger partial charge in [0.15, 0.2) is 0 Å². The van der Waals surface area contributed by atoms with Crippen LogP contribution in [0.1, 0.15) is 35.9 Å². The first-order valence-electron chi connectivity index (χ1n) is 7.66. The highest BCUT2D eigenvalue weighted by atomic mass is 16.3. The molecule has 0 bridgehead atoms. The van der Waals surface area contributed by atoms with E-state index in [0.717, 1.165) is 37.4 Å². The van der Waals surface area contributed by atoms with Gasteiger partial charge in [-0.3, -0.25) is 4.98 Å². The van der Waals surface area contributed by atoms with Gasteiger partial charge in [-0.2, -0.15) is 4.98 Å². The van der Waals surface area contributed by atoms with E-state index in [9.17, 15) is 5.11 Å². The van der Waals surface area contributed by atoms with Gasteiger partial charge in [-0.1, -0.05) is 6.07 Å². The van der Waals surface area contributed by atoms with Gasteiger partial charge in [0.2, 0.25) is 5.95 Å². The molecule has 2 fully saturated rings. The Balaban J connectivity index is 1.48. The summed E-state index contributed by atoms with van der Waals surface area (Å²) in [6, 6.07) is 6.11. The van der Waals surface area contributed by atoms with E-state index >= 15 is 0 Å². The summed E-state index contributed by atoms with van der Waals surface area (Å²) >= 11 is 0. The molecule has 2 aliphatic rings. The third-order valence-electron chi connectivity index (χ3n) is 4.64. The Morgan fingerprint density at radius 2 is 2.00 bits per heavy atom. The van der Waals surface area contributed by atoms with E-state index in [4.69, 9.17) is 5.73 Å². The molecule has 0 radical (unpaired) electrons. The van der Waals surface area contributed by atoms with Crippen LogP contribution < -0.4 is 10.6 Å². The molecule has 3 heterocycles. The number of nitrogens with zero attached hydrogens (tertiary/aromatic N) is 4. The average molecular weight is 297 g/mol. The van der Waals surface area contributed by atoms with Crippen LogP contribution in [0.3, 0.4) is 0 Å². The minimum absolute atomic E-state index is 0.191. The van der Waals surface area contributed by atoms with Crippen LogP contribution in [0, 0.1) is 0 Å². The number of aromatic nitrogens is 3. The number of aliphatic hydroxyl groups is 1. The van der Waals surface area contributed by atoms with E-state index in [0.29, 0.717) is 17.8 Å². The van der Waals surface area contributed by atoms with Gasteiger partial charge >= 0.3 is 0 Å². The van der Waals surface area contributed by atoms with E-state index in [2.05, 4.69) is 25.9 Å². The predicted octanol–water partition coefficient (Wildman–Crippen LogP) is 1.30. The standard InChI is InChI=1S/C16H19N5O/c17-16-19-14(11-4-13(22)5-11)6-15(20-16)21-8-12(9-21)10-2-1-3-18-7-10/h1-3,6-7,11-13,22H,4-5,8-9H2,(H2,17,19,20). The molecule has 1 aliphatic heterocycles. The van der Waals surface area contributed by atoms with E-state index in [1.807, 2.05) is 18.3 Å². The predicted molar refractivity (Wildman–Crippen MR) is 83.6 cm³/mol. The zero-order valence-corrected chi connectivity index (χ0v) is 12.3. The van der Waals surface area contributed by atoms with Crippen molar-refractivity contribution in [1.29, 1.82) is 0 Å². The molecule has 1 aliphatic carbocycles. The highest BCUT2D eigenvalue weighted by Crippen LogP contribution is 2.38. The summed E-state index contributed by atoms with van der Waals surface area (Å²) in [6.07, 6.45) is 5.08. The smallest absolute Gasteiger partial charge is 0.222 e. The molecule has 6 heteroatoms. The minimum Gasteiger partial charge on any atom is -0.393 e. The molecular weight excluding hydrogens is 278 g/mol. The van der Waals surface area contributed by atoms with Gasteiger partial charge in [-0.05, 0) is 24.5 Å². The van der Waals surface area contributed by atoms with Crippen molar-refractivity contribution >= 4 is 11.8 Å². The van der Waals surface area contributed by atoms with Gasteiger partial charge in [0, 0.05) is 43.4 Å². The second-order valence-corrected chi connectivity index (χ2v) is 6.22. The first kappa shape index (κ1) is 13.5. The number of nitrogens with two attached hydrogens (primary N) is 1. The quantitative estimate of drug-likeness (QED) is 0.887. The maximum atomic E-state index is 9.45. The fourth-order valence-corrected chi connectivity index (χ4v) is 3.17. The Bertz CT molecular complexity index is 665. The molecule has 0 amide bonds. The Labute approximate surface area is 129 Å². The number of aliphatic hydroxyl groups excluding tert-OH is 1. The molecule has 1 saturated carbocycles. The first-order chi connectivity index (χ1) is 10.7. The number of nitrogen functional groups attached to an aromatic ring is 1. The molecule has 0 aromatic carbocycles. The highest BCUT2D eigenvalue weighted by Gasteiger charge is 2.33. The lowest BCUT2D eigenvalue weighted by Gasteiger charge is -2.40. The van der Waals surface area contributed by atoms with Crippen molar-refractivity contribution < 1.29 is 5.11 Å². The van der Waals surface area contributed by atoms with Crippen LogP contribution in [0.25, 0.3) is 0 Å². The average Bonchev–Trinajstić information content (AvgIpc) is 2.43. The second-order valence-electron chi connectivity index (χ2n) is 6.22. The van der Waals surface area contributed by atoms with Crippen molar-refractivity contribution in [1.82, 2.24) is 15.0 Å². The summed E-state index contributed by atoms with van der Waals surface area (Å²) in [4.78, 5) is 15.1. The van der Waals surface area contributed by atoms with Crippen LogP contribution in [-0.4, -0.2) is 39.3 Å². The van der Waals surface area contributed by atoms with Crippen LogP contribution in [0.5, 0.6) is 0 Å². The lowest BCUT2D eigenvalue weighted by molar-refractivity contribution is 0.0732. The van der Waals surface area contributed by atoms with Crippen molar-refractivity contribution in [3.8, 4) is 0 Å². The van der Waals surface area contributed by atoms with Crippen LogP contribution >= 0.6 is 0 Å². The molecule has 0 spiro atoms.